The Hall–Kier alpha value is -1.69. The molecule has 0 saturated carbocycles. The van der Waals surface area contributed by atoms with Gasteiger partial charge < -0.3 is 11.1 Å². The van der Waals surface area contributed by atoms with Crippen molar-refractivity contribution in [1.29, 1.82) is 5.26 Å². The Morgan fingerprint density at radius 2 is 1.83 bits per heavy atom. The van der Waals surface area contributed by atoms with Crippen LogP contribution in [-0.2, 0) is 0 Å². The Morgan fingerprint density at radius 3 is 2.28 bits per heavy atom. The van der Waals surface area contributed by atoms with Crippen LogP contribution in [0.2, 0.25) is 0 Å². The van der Waals surface area contributed by atoms with Crippen LogP contribution in [-0.4, -0.2) is 6.54 Å². The molecule has 1 aromatic carbocycles. The number of hydrogen-bond donors (Lipinski definition) is 2. The van der Waals surface area contributed by atoms with Crippen LogP contribution < -0.4 is 11.1 Å². The van der Waals surface area contributed by atoms with Gasteiger partial charge in [0.1, 0.15) is 0 Å². The van der Waals surface area contributed by atoms with Crippen LogP contribution in [0.1, 0.15) is 33.3 Å². The lowest BCUT2D eigenvalue weighted by molar-refractivity contribution is 0.304. The van der Waals surface area contributed by atoms with Gasteiger partial charge in [-0.25, -0.2) is 0 Å². The van der Waals surface area contributed by atoms with Gasteiger partial charge in [-0.3, -0.25) is 0 Å². The molecule has 0 spiro atoms. The van der Waals surface area contributed by atoms with Gasteiger partial charge in [0.05, 0.1) is 23.0 Å². The summed E-state index contributed by atoms with van der Waals surface area (Å²) in [5, 5.41) is 12.2. The molecule has 0 saturated heterocycles. The van der Waals surface area contributed by atoms with Gasteiger partial charge in [0.25, 0.3) is 0 Å². The maximum atomic E-state index is 8.79. The van der Waals surface area contributed by atoms with E-state index in [2.05, 4.69) is 39.1 Å². The number of benzene rings is 1. The molecular formula is C15H23N3. The minimum Gasteiger partial charge on any atom is -0.397 e. The van der Waals surface area contributed by atoms with E-state index in [0.717, 1.165) is 12.2 Å². The van der Waals surface area contributed by atoms with Crippen molar-refractivity contribution in [2.24, 2.45) is 17.8 Å². The van der Waals surface area contributed by atoms with Crippen molar-refractivity contribution in [3.8, 4) is 6.07 Å². The van der Waals surface area contributed by atoms with E-state index in [1.54, 1.807) is 12.1 Å². The molecule has 0 aromatic heterocycles. The topological polar surface area (TPSA) is 61.8 Å². The Bertz CT molecular complexity index is 422. The van der Waals surface area contributed by atoms with Crippen molar-refractivity contribution in [3.63, 3.8) is 0 Å². The third-order valence-electron chi connectivity index (χ3n) is 3.42. The standard InChI is InChI=1S/C15H23N3/c1-10(2)13(11(3)4)9-18-15-6-5-12(8-16)7-14(15)17/h5-7,10-11,13,18H,9,17H2,1-4H3. The second kappa shape index (κ2) is 6.30. The Morgan fingerprint density at radius 1 is 1.22 bits per heavy atom. The van der Waals surface area contributed by atoms with Gasteiger partial charge in [0.15, 0.2) is 0 Å². The average Bonchev–Trinajstić information content (AvgIpc) is 2.30. The number of hydrogen-bond acceptors (Lipinski definition) is 3. The van der Waals surface area contributed by atoms with Gasteiger partial charge in [-0.15, -0.1) is 0 Å². The second-order valence-electron chi connectivity index (χ2n) is 5.45. The molecule has 0 aliphatic rings. The molecule has 1 aromatic rings. The lowest BCUT2D eigenvalue weighted by Crippen LogP contribution is -2.24. The fraction of sp³-hybridized carbons (Fsp3) is 0.533. The molecule has 0 amide bonds. The quantitative estimate of drug-likeness (QED) is 0.781. The van der Waals surface area contributed by atoms with Crippen LogP contribution in [0.15, 0.2) is 18.2 Å². The van der Waals surface area contributed by atoms with E-state index in [4.69, 9.17) is 11.0 Å². The summed E-state index contributed by atoms with van der Waals surface area (Å²) in [4.78, 5) is 0. The molecular weight excluding hydrogens is 222 g/mol. The summed E-state index contributed by atoms with van der Waals surface area (Å²) in [7, 11) is 0. The molecule has 0 aliphatic heterocycles. The van der Waals surface area contributed by atoms with Crippen LogP contribution in [0.3, 0.4) is 0 Å². The van der Waals surface area contributed by atoms with Crippen molar-refractivity contribution < 1.29 is 0 Å². The molecule has 3 nitrogen and oxygen atoms in total. The highest BCUT2D eigenvalue weighted by Gasteiger charge is 2.17. The highest BCUT2D eigenvalue weighted by molar-refractivity contribution is 5.68. The fourth-order valence-electron chi connectivity index (χ4n) is 2.26. The minimum atomic E-state index is 0.599. The first-order valence-electron chi connectivity index (χ1n) is 6.49. The molecule has 0 aliphatic carbocycles. The molecule has 0 bridgehead atoms. The monoisotopic (exact) mass is 245 g/mol. The number of nitrogens with zero attached hydrogens (tertiary/aromatic N) is 1. The van der Waals surface area contributed by atoms with E-state index in [1.165, 1.54) is 0 Å². The highest BCUT2D eigenvalue weighted by Crippen LogP contribution is 2.24. The third kappa shape index (κ3) is 3.66. The molecule has 0 atom stereocenters. The fourth-order valence-corrected chi connectivity index (χ4v) is 2.26. The van der Waals surface area contributed by atoms with Crippen molar-refractivity contribution in [1.82, 2.24) is 0 Å². The smallest absolute Gasteiger partial charge is 0.0992 e. The van der Waals surface area contributed by atoms with Gasteiger partial charge in [-0.2, -0.15) is 5.26 Å². The maximum Gasteiger partial charge on any atom is 0.0992 e. The van der Waals surface area contributed by atoms with Crippen LogP contribution >= 0.6 is 0 Å². The number of nitriles is 1. The Balaban J connectivity index is 2.71. The zero-order valence-corrected chi connectivity index (χ0v) is 11.7. The lowest BCUT2D eigenvalue weighted by atomic mass is 9.85. The molecule has 98 valence electrons. The highest BCUT2D eigenvalue weighted by atomic mass is 14.9. The minimum absolute atomic E-state index is 0.599. The van der Waals surface area contributed by atoms with Crippen molar-refractivity contribution in [2.45, 2.75) is 27.7 Å². The molecule has 1 rings (SSSR count). The van der Waals surface area contributed by atoms with Gasteiger partial charge in [-0.1, -0.05) is 27.7 Å². The normalized spacial score (nSPS) is 11.0. The first-order valence-corrected chi connectivity index (χ1v) is 6.49. The van der Waals surface area contributed by atoms with Crippen LogP contribution in [0.4, 0.5) is 11.4 Å². The number of rotatable bonds is 5. The summed E-state index contributed by atoms with van der Waals surface area (Å²) >= 11 is 0. The molecule has 18 heavy (non-hydrogen) atoms. The maximum absolute atomic E-state index is 8.79. The van der Waals surface area contributed by atoms with E-state index in [0.29, 0.717) is 29.0 Å². The van der Waals surface area contributed by atoms with E-state index < -0.39 is 0 Å². The predicted octanol–water partition coefficient (Wildman–Crippen LogP) is 3.48. The summed E-state index contributed by atoms with van der Waals surface area (Å²) < 4.78 is 0. The van der Waals surface area contributed by atoms with Crippen molar-refractivity contribution >= 4 is 11.4 Å². The number of anilines is 2. The van der Waals surface area contributed by atoms with E-state index >= 15 is 0 Å². The van der Waals surface area contributed by atoms with Gasteiger partial charge >= 0.3 is 0 Å². The van der Waals surface area contributed by atoms with Crippen LogP contribution in [0, 0.1) is 29.1 Å². The molecule has 0 radical (unpaired) electrons. The zero-order chi connectivity index (χ0) is 13.7. The third-order valence-corrected chi connectivity index (χ3v) is 3.42. The molecule has 0 heterocycles. The van der Waals surface area contributed by atoms with Crippen LogP contribution in [0.25, 0.3) is 0 Å². The summed E-state index contributed by atoms with van der Waals surface area (Å²) in [6.45, 7) is 9.89. The average molecular weight is 245 g/mol. The van der Waals surface area contributed by atoms with Crippen molar-refractivity contribution in [3.05, 3.63) is 23.8 Å². The summed E-state index contributed by atoms with van der Waals surface area (Å²) in [5.41, 5.74) is 8.08. The van der Waals surface area contributed by atoms with E-state index in [-0.39, 0.29) is 0 Å². The van der Waals surface area contributed by atoms with Gasteiger partial charge in [0.2, 0.25) is 0 Å². The van der Waals surface area contributed by atoms with Crippen LogP contribution in [0.5, 0.6) is 0 Å². The Kier molecular flexibility index (Phi) is 5.03. The SMILES string of the molecule is CC(C)C(CNc1ccc(C#N)cc1N)C(C)C. The van der Waals surface area contributed by atoms with Crippen molar-refractivity contribution in [2.75, 3.05) is 17.6 Å². The summed E-state index contributed by atoms with van der Waals surface area (Å²) in [6.07, 6.45) is 0. The van der Waals surface area contributed by atoms with Gasteiger partial charge in [0, 0.05) is 6.54 Å². The molecule has 3 N–H and O–H groups in total. The molecule has 0 unspecified atom stereocenters. The van der Waals surface area contributed by atoms with E-state index in [1.807, 2.05) is 6.07 Å². The first-order chi connectivity index (χ1) is 8.45. The summed E-state index contributed by atoms with van der Waals surface area (Å²) in [5.74, 6) is 1.88. The largest absolute Gasteiger partial charge is 0.397 e. The molecule has 0 fully saturated rings. The number of nitrogens with one attached hydrogen (secondary N) is 1. The van der Waals surface area contributed by atoms with E-state index in [9.17, 15) is 0 Å². The first kappa shape index (κ1) is 14.4. The Labute approximate surface area is 110 Å². The second-order valence-corrected chi connectivity index (χ2v) is 5.45. The lowest BCUT2D eigenvalue weighted by Gasteiger charge is -2.26. The number of nitrogen functional groups attached to an aromatic ring is 1. The predicted molar refractivity (Wildman–Crippen MR) is 77.2 cm³/mol. The number of nitrogens with two attached hydrogens (primary N) is 1. The molecule has 3 heteroatoms. The zero-order valence-electron chi connectivity index (χ0n) is 11.7. The summed E-state index contributed by atoms with van der Waals surface area (Å²) in [6, 6.07) is 7.47. The van der Waals surface area contributed by atoms with Gasteiger partial charge in [-0.05, 0) is 36.0 Å².